The number of carbonyl (C=O) groups excluding carboxylic acids is 1. The molecule has 0 bridgehead atoms. The van der Waals surface area contributed by atoms with Crippen molar-refractivity contribution in [1.29, 1.82) is 0 Å². The molecule has 0 atom stereocenters. The molecule has 7 heteroatoms. The number of rotatable bonds is 3. The molecule has 1 saturated carbocycles. The van der Waals surface area contributed by atoms with E-state index in [1.807, 2.05) is 17.9 Å². The fourth-order valence-corrected chi connectivity index (χ4v) is 3.36. The summed E-state index contributed by atoms with van der Waals surface area (Å²) in [6.45, 7) is 3.71. The number of aryl methyl sites for hydroxylation is 1. The summed E-state index contributed by atoms with van der Waals surface area (Å²) in [6, 6.07) is 6.17. The van der Waals surface area contributed by atoms with E-state index in [0.29, 0.717) is 17.7 Å². The normalized spacial score (nSPS) is 18.9. The average molecular weight is 342 g/mol. The van der Waals surface area contributed by atoms with Gasteiger partial charge in [-0.15, -0.1) is 0 Å². The van der Waals surface area contributed by atoms with Crippen molar-refractivity contribution >= 4 is 23.5 Å². The first-order valence-corrected chi connectivity index (χ1v) is 8.77. The quantitative estimate of drug-likeness (QED) is 0.566. The molecule has 0 radical (unpaired) electrons. The maximum atomic E-state index is 12.2. The zero-order valence-electron chi connectivity index (χ0n) is 14.6. The number of hydrogen-bond acceptors (Lipinski definition) is 2. The van der Waals surface area contributed by atoms with Gasteiger partial charge < -0.3 is 22.1 Å². The Morgan fingerprint density at radius 1 is 1.12 bits per heavy atom. The SMILES string of the molecule is Cc1cc(C2CCN(C(=O)C3CC3)CC2)ccc1N=C(N)N=C(N)N. The van der Waals surface area contributed by atoms with Crippen molar-refractivity contribution in [2.75, 3.05) is 13.1 Å². The van der Waals surface area contributed by atoms with Gasteiger partial charge in [-0.05, 0) is 55.7 Å². The van der Waals surface area contributed by atoms with Crippen molar-refractivity contribution in [1.82, 2.24) is 4.90 Å². The highest BCUT2D eigenvalue weighted by molar-refractivity contribution is 5.93. The van der Waals surface area contributed by atoms with Gasteiger partial charge in [-0.3, -0.25) is 4.79 Å². The highest BCUT2D eigenvalue weighted by Gasteiger charge is 2.35. The molecule has 3 rings (SSSR count). The number of amides is 1. The first kappa shape index (κ1) is 17.3. The molecular weight excluding hydrogens is 316 g/mol. The molecule has 1 aromatic rings. The van der Waals surface area contributed by atoms with Crippen LogP contribution < -0.4 is 17.2 Å². The summed E-state index contributed by atoms with van der Waals surface area (Å²) < 4.78 is 0. The number of hydrogen-bond donors (Lipinski definition) is 3. The summed E-state index contributed by atoms with van der Waals surface area (Å²) in [5.74, 6) is 1.09. The molecule has 7 nitrogen and oxygen atoms in total. The van der Waals surface area contributed by atoms with Gasteiger partial charge in [-0.1, -0.05) is 12.1 Å². The summed E-state index contributed by atoms with van der Waals surface area (Å²) in [5, 5.41) is 0. The zero-order chi connectivity index (χ0) is 18.0. The van der Waals surface area contributed by atoms with Crippen molar-refractivity contribution in [3.05, 3.63) is 29.3 Å². The molecule has 1 aliphatic carbocycles. The third-order valence-electron chi connectivity index (χ3n) is 4.90. The Morgan fingerprint density at radius 3 is 2.36 bits per heavy atom. The van der Waals surface area contributed by atoms with Crippen molar-refractivity contribution in [3.8, 4) is 0 Å². The number of benzene rings is 1. The van der Waals surface area contributed by atoms with Gasteiger partial charge in [0, 0.05) is 19.0 Å². The fourth-order valence-electron chi connectivity index (χ4n) is 3.36. The lowest BCUT2D eigenvalue weighted by molar-refractivity contribution is -0.133. The Bertz CT molecular complexity index is 710. The first-order valence-electron chi connectivity index (χ1n) is 8.77. The van der Waals surface area contributed by atoms with E-state index in [1.165, 1.54) is 5.56 Å². The van der Waals surface area contributed by atoms with Crippen LogP contribution in [-0.2, 0) is 4.79 Å². The average Bonchev–Trinajstić information content (AvgIpc) is 3.40. The summed E-state index contributed by atoms with van der Waals surface area (Å²) in [7, 11) is 0. The lowest BCUT2D eigenvalue weighted by atomic mass is 9.88. The van der Waals surface area contributed by atoms with Crippen molar-refractivity contribution in [2.45, 2.75) is 38.5 Å². The molecule has 6 N–H and O–H groups in total. The van der Waals surface area contributed by atoms with E-state index in [-0.39, 0.29) is 11.9 Å². The van der Waals surface area contributed by atoms with Crippen LogP contribution in [-0.4, -0.2) is 35.8 Å². The maximum absolute atomic E-state index is 12.2. The van der Waals surface area contributed by atoms with E-state index in [4.69, 9.17) is 17.2 Å². The molecule has 134 valence electrons. The summed E-state index contributed by atoms with van der Waals surface area (Å²) in [6.07, 6.45) is 4.17. The summed E-state index contributed by atoms with van der Waals surface area (Å²) in [4.78, 5) is 22.2. The molecule has 0 spiro atoms. The van der Waals surface area contributed by atoms with Crippen molar-refractivity contribution < 1.29 is 4.79 Å². The van der Waals surface area contributed by atoms with E-state index < -0.39 is 0 Å². The maximum Gasteiger partial charge on any atom is 0.225 e. The highest BCUT2D eigenvalue weighted by Crippen LogP contribution is 2.35. The van der Waals surface area contributed by atoms with E-state index in [1.54, 1.807) is 0 Å². The van der Waals surface area contributed by atoms with Gasteiger partial charge in [0.2, 0.25) is 11.9 Å². The highest BCUT2D eigenvalue weighted by atomic mass is 16.2. The predicted octanol–water partition coefficient (Wildman–Crippen LogP) is 1.33. The Labute approximate surface area is 148 Å². The third kappa shape index (κ3) is 4.29. The summed E-state index contributed by atoms with van der Waals surface area (Å²) in [5.41, 5.74) is 19.4. The molecular formula is C18H26N6O. The van der Waals surface area contributed by atoms with Gasteiger partial charge in [-0.2, -0.15) is 4.99 Å². The van der Waals surface area contributed by atoms with Crippen LogP contribution >= 0.6 is 0 Å². The Kier molecular flexibility index (Phi) is 4.92. The van der Waals surface area contributed by atoms with Crippen LogP contribution in [0.15, 0.2) is 28.2 Å². The van der Waals surface area contributed by atoms with Crippen LogP contribution in [0.3, 0.4) is 0 Å². The monoisotopic (exact) mass is 342 g/mol. The molecule has 1 saturated heterocycles. The fraction of sp³-hybridized carbons (Fsp3) is 0.500. The second kappa shape index (κ2) is 7.13. The van der Waals surface area contributed by atoms with Gasteiger partial charge in [0.1, 0.15) is 0 Å². The van der Waals surface area contributed by atoms with Gasteiger partial charge >= 0.3 is 0 Å². The minimum Gasteiger partial charge on any atom is -0.370 e. The third-order valence-corrected chi connectivity index (χ3v) is 4.90. The van der Waals surface area contributed by atoms with Gasteiger partial charge in [0.25, 0.3) is 0 Å². The lowest BCUT2D eigenvalue weighted by Crippen LogP contribution is -2.38. The van der Waals surface area contributed by atoms with E-state index >= 15 is 0 Å². The van der Waals surface area contributed by atoms with Crippen LogP contribution in [0, 0.1) is 12.8 Å². The number of guanidine groups is 2. The number of nitrogens with zero attached hydrogens (tertiary/aromatic N) is 3. The van der Waals surface area contributed by atoms with Gasteiger partial charge in [-0.25, -0.2) is 4.99 Å². The van der Waals surface area contributed by atoms with Crippen LogP contribution in [0.1, 0.15) is 42.7 Å². The van der Waals surface area contributed by atoms with Crippen LogP contribution in [0.25, 0.3) is 0 Å². The smallest absolute Gasteiger partial charge is 0.225 e. The van der Waals surface area contributed by atoms with Crippen LogP contribution in [0.2, 0.25) is 0 Å². The zero-order valence-corrected chi connectivity index (χ0v) is 14.6. The molecule has 2 aliphatic rings. The largest absolute Gasteiger partial charge is 0.370 e. The van der Waals surface area contributed by atoms with E-state index in [2.05, 4.69) is 22.1 Å². The number of nitrogens with two attached hydrogens (primary N) is 3. The first-order chi connectivity index (χ1) is 11.9. The van der Waals surface area contributed by atoms with Gasteiger partial charge in [0.05, 0.1) is 5.69 Å². The molecule has 2 fully saturated rings. The number of likely N-dealkylation sites (tertiary alicyclic amines) is 1. The second-order valence-corrected chi connectivity index (χ2v) is 6.93. The number of aliphatic imine (C=N–C) groups is 2. The molecule has 0 unspecified atom stereocenters. The second-order valence-electron chi connectivity index (χ2n) is 6.93. The molecule has 1 aliphatic heterocycles. The van der Waals surface area contributed by atoms with Crippen LogP contribution in [0.5, 0.6) is 0 Å². The van der Waals surface area contributed by atoms with Gasteiger partial charge in [0.15, 0.2) is 5.96 Å². The van der Waals surface area contributed by atoms with E-state index in [0.717, 1.165) is 50.0 Å². The lowest BCUT2D eigenvalue weighted by Gasteiger charge is -2.32. The molecule has 25 heavy (non-hydrogen) atoms. The Hall–Kier alpha value is -2.57. The number of piperidine rings is 1. The van der Waals surface area contributed by atoms with Crippen LogP contribution in [0.4, 0.5) is 5.69 Å². The Morgan fingerprint density at radius 2 is 1.80 bits per heavy atom. The van der Waals surface area contributed by atoms with E-state index in [9.17, 15) is 4.79 Å². The summed E-state index contributed by atoms with van der Waals surface area (Å²) >= 11 is 0. The number of carbonyl (C=O) groups is 1. The Balaban J connectivity index is 1.65. The standard InChI is InChI=1S/C18H26N6O/c1-11-10-14(4-5-15(11)22-18(21)23-17(19)20)12-6-8-24(9-7-12)16(25)13-2-3-13/h4-5,10,12-13H,2-3,6-9H2,1H3,(H6,19,20,21,22,23). The minimum absolute atomic E-state index is 0.0442. The molecule has 1 aromatic carbocycles. The molecule has 1 heterocycles. The predicted molar refractivity (Wildman–Crippen MR) is 99.6 cm³/mol. The van der Waals surface area contributed by atoms with Crippen molar-refractivity contribution in [3.63, 3.8) is 0 Å². The molecule has 1 amide bonds. The molecule has 0 aromatic heterocycles. The minimum atomic E-state index is -0.108. The topological polar surface area (TPSA) is 123 Å². The van der Waals surface area contributed by atoms with Crippen molar-refractivity contribution in [2.24, 2.45) is 33.1 Å².